The summed E-state index contributed by atoms with van der Waals surface area (Å²) >= 11 is 0. The van der Waals surface area contributed by atoms with Crippen LogP contribution in [0.4, 0.5) is 17.3 Å². The number of piperazine rings is 1. The molecule has 1 aliphatic heterocycles. The van der Waals surface area contributed by atoms with Gasteiger partial charge < -0.3 is 19.9 Å². The lowest BCUT2D eigenvalue weighted by molar-refractivity contribution is 0.0537. The third-order valence-corrected chi connectivity index (χ3v) is 6.51. The number of ether oxygens (including phenoxy) is 1. The molecule has 0 unspecified atom stereocenters. The first kappa shape index (κ1) is 25.4. The molecule has 1 saturated heterocycles. The van der Waals surface area contributed by atoms with E-state index in [9.17, 15) is 4.79 Å². The summed E-state index contributed by atoms with van der Waals surface area (Å²) in [7, 11) is 5.16. The largest absolute Gasteiger partial charge is 0.497 e. The molecule has 2 heterocycles. The van der Waals surface area contributed by atoms with Crippen molar-refractivity contribution >= 4 is 23.2 Å². The number of hydroxylamine groups is 1. The van der Waals surface area contributed by atoms with Crippen molar-refractivity contribution in [2.75, 3.05) is 51.1 Å². The molecule has 2 N–H and O–H groups in total. The van der Waals surface area contributed by atoms with E-state index in [-0.39, 0.29) is 5.91 Å². The molecule has 1 fully saturated rings. The molecule has 9 nitrogen and oxygen atoms in total. The summed E-state index contributed by atoms with van der Waals surface area (Å²) in [6.45, 7) is 5.41. The van der Waals surface area contributed by atoms with Crippen LogP contribution in [0.5, 0.6) is 5.75 Å². The van der Waals surface area contributed by atoms with Gasteiger partial charge in [-0.25, -0.2) is 15.4 Å². The molecular formula is C27H34N6O3. The Bertz CT molecular complexity index is 1150. The highest BCUT2D eigenvalue weighted by Gasteiger charge is 2.20. The van der Waals surface area contributed by atoms with Gasteiger partial charge in [0.2, 0.25) is 5.95 Å². The van der Waals surface area contributed by atoms with E-state index < -0.39 is 0 Å². The highest BCUT2D eigenvalue weighted by molar-refractivity contribution is 5.94. The van der Waals surface area contributed by atoms with Crippen molar-refractivity contribution in [1.29, 1.82) is 0 Å². The van der Waals surface area contributed by atoms with Crippen LogP contribution in [-0.2, 0) is 17.7 Å². The van der Waals surface area contributed by atoms with Crippen LogP contribution < -0.4 is 20.4 Å². The molecule has 0 radical (unpaired) electrons. The molecule has 190 valence electrons. The first-order valence-corrected chi connectivity index (χ1v) is 12.1. The van der Waals surface area contributed by atoms with Crippen molar-refractivity contribution < 1.29 is 14.4 Å². The van der Waals surface area contributed by atoms with Gasteiger partial charge in [-0.05, 0) is 80.4 Å². The van der Waals surface area contributed by atoms with E-state index in [1.807, 2.05) is 24.5 Å². The van der Waals surface area contributed by atoms with E-state index in [4.69, 9.17) is 9.57 Å². The summed E-state index contributed by atoms with van der Waals surface area (Å²) in [6, 6.07) is 14.4. The van der Waals surface area contributed by atoms with E-state index in [1.165, 1.54) is 12.8 Å². The second-order valence-electron chi connectivity index (χ2n) is 9.07. The highest BCUT2D eigenvalue weighted by Crippen LogP contribution is 2.23. The Hall–Kier alpha value is -3.69. The number of nitrogens with zero attached hydrogens (tertiary/aromatic N) is 4. The first-order valence-electron chi connectivity index (χ1n) is 12.1. The fourth-order valence-electron chi connectivity index (χ4n) is 4.21. The van der Waals surface area contributed by atoms with Gasteiger partial charge in [0.25, 0.3) is 5.91 Å². The number of hydrogen-bond acceptors (Lipinski definition) is 8. The fraction of sp³-hybridized carbons (Fsp3) is 0.370. The monoisotopic (exact) mass is 490 g/mol. The lowest BCUT2D eigenvalue weighted by Crippen LogP contribution is -2.50. The van der Waals surface area contributed by atoms with Gasteiger partial charge in [0.05, 0.1) is 14.2 Å². The van der Waals surface area contributed by atoms with E-state index in [2.05, 4.69) is 68.8 Å². The van der Waals surface area contributed by atoms with Crippen molar-refractivity contribution in [3.05, 3.63) is 71.5 Å². The smallest absolute Gasteiger partial charge is 0.274 e. The summed E-state index contributed by atoms with van der Waals surface area (Å²) in [5.74, 6) is 0.861. The van der Waals surface area contributed by atoms with Crippen LogP contribution in [0.25, 0.3) is 0 Å². The Labute approximate surface area is 212 Å². The quantitative estimate of drug-likeness (QED) is 0.441. The third-order valence-electron chi connectivity index (χ3n) is 6.51. The molecule has 2 aromatic carbocycles. The lowest BCUT2D eigenvalue weighted by atomic mass is 10.0. The van der Waals surface area contributed by atoms with Crippen LogP contribution in [-0.4, -0.2) is 67.7 Å². The summed E-state index contributed by atoms with van der Waals surface area (Å²) in [5, 5.41) is 3.28. The molecule has 0 bridgehead atoms. The summed E-state index contributed by atoms with van der Waals surface area (Å²) in [5.41, 5.74) is 6.99. The summed E-state index contributed by atoms with van der Waals surface area (Å²) in [6.07, 6.45) is 5.10. The average Bonchev–Trinajstić information content (AvgIpc) is 2.90. The minimum absolute atomic E-state index is 0.317. The van der Waals surface area contributed by atoms with Gasteiger partial charge in [0.15, 0.2) is 0 Å². The van der Waals surface area contributed by atoms with Crippen LogP contribution in [0, 0.1) is 0 Å². The summed E-state index contributed by atoms with van der Waals surface area (Å²) < 4.78 is 5.34. The number of amides is 1. The van der Waals surface area contributed by atoms with Crippen molar-refractivity contribution in [2.24, 2.45) is 0 Å². The second kappa shape index (κ2) is 11.8. The predicted octanol–water partition coefficient (Wildman–Crippen LogP) is 3.45. The van der Waals surface area contributed by atoms with Crippen molar-refractivity contribution in [2.45, 2.75) is 25.8 Å². The zero-order valence-corrected chi connectivity index (χ0v) is 21.3. The Balaban J connectivity index is 1.33. The molecule has 0 spiro atoms. The van der Waals surface area contributed by atoms with Crippen molar-refractivity contribution in [3.63, 3.8) is 0 Å². The number of rotatable bonds is 9. The van der Waals surface area contributed by atoms with Gasteiger partial charge in [-0.2, -0.15) is 0 Å². The van der Waals surface area contributed by atoms with Crippen molar-refractivity contribution in [1.82, 2.24) is 20.3 Å². The van der Waals surface area contributed by atoms with Gasteiger partial charge in [-0.1, -0.05) is 0 Å². The zero-order chi connectivity index (χ0) is 25.5. The van der Waals surface area contributed by atoms with Crippen LogP contribution in [0.1, 0.15) is 28.4 Å². The molecule has 0 saturated carbocycles. The van der Waals surface area contributed by atoms with E-state index >= 15 is 0 Å². The van der Waals surface area contributed by atoms with E-state index in [0.29, 0.717) is 29.7 Å². The van der Waals surface area contributed by atoms with Crippen LogP contribution in [0.2, 0.25) is 0 Å². The first-order chi connectivity index (χ1) is 17.4. The van der Waals surface area contributed by atoms with Crippen molar-refractivity contribution in [3.8, 4) is 5.75 Å². The molecule has 4 rings (SSSR count). The number of hydrogen-bond donors (Lipinski definition) is 2. The van der Waals surface area contributed by atoms with Gasteiger partial charge in [0, 0.05) is 55.0 Å². The Kier molecular flexibility index (Phi) is 8.35. The highest BCUT2D eigenvalue weighted by atomic mass is 16.6. The molecule has 36 heavy (non-hydrogen) atoms. The third kappa shape index (κ3) is 6.50. The molecular weight excluding hydrogens is 456 g/mol. The van der Waals surface area contributed by atoms with Gasteiger partial charge >= 0.3 is 0 Å². The number of benzene rings is 2. The fourth-order valence-corrected chi connectivity index (χ4v) is 4.21. The molecule has 0 aliphatic carbocycles. The van der Waals surface area contributed by atoms with Crippen LogP contribution in [0.15, 0.2) is 54.9 Å². The van der Waals surface area contributed by atoms with Gasteiger partial charge in [0.1, 0.15) is 5.75 Å². The Morgan fingerprint density at radius 1 is 1.03 bits per heavy atom. The number of anilines is 3. The number of methoxy groups -OCH3 is 1. The van der Waals surface area contributed by atoms with Gasteiger partial charge in [-0.3, -0.25) is 9.63 Å². The summed E-state index contributed by atoms with van der Waals surface area (Å²) in [4.78, 5) is 30.6. The van der Waals surface area contributed by atoms with Gasteiger partial charge in [-0.15, -0.1) is 0 Å². The molecule has 1 amide bonds. The number of nitrogens with one attached hydrogen (secondary N) is 2. The molecule has 1 atom stereocenters. The van der Waals surface area contributed by atoms with E-state index in [1.54, 1.807) is 13.2 Å². The topological polar surface area (TPSA) is 91.8 Å². The minimum atomic E-state index is -0.317. The molecule has 1 aromatic heterocycles. The maximum atomic E-state index is 12.1. The average molecular weight is 491 g/mol. The normalized spacial score (nSPS) is 16.0. The molecule has 3 aromatic rings. The minimum Gasteiger partial charge on any atom is -0.497 e. The number of aromatic nitrogens is 2. The standard InChI is InChI=1S/C27H34N6O3/c1-19-18-33(12-11-32(19)2)24-9-7-23(8-10-24)30-27-28-16-21(17-29-27)6-5-20-13-22(26(34)31-36-4)15-25(14-20)35-3/h7-10,13-17,19H,5-6,11-12,18H2,1-4H3,(H,31,34)(H,28,29,30)/t19-/m1/s1. The maximum absolute atomic E-state index is 12.1. The van der Waals surface area contributed by atoms with E-state index in [0.717, 1.165) is 42.9 Å². The molecule has 9 heteroatoms. The second-order valence-corrected chi connectivity index (χ2v) is 9.07. The number of carbonyl (C=O) groups is 1. The lowest BCUT2D eigenvalue weighted by Gasteiger charge is -2.39. The van der Waals surface area contributed by atoms with Crippen LogP contribution in [0.3, 0.4) is 0 Å². The zero-order valence-electron chi connectivity index (χ0n) is 21.3. The van der Waals surface area contributed by atoms with Crippen LogP contribution >= 0.6 is 0 Å². The maximum Gasteiger partial charge on any atom is 0.274 e. The Morgan fingerprint density at radius 3 is 2.42 bits per heavy atom. The molecule has 1 aliphatic rings. The number of carbonyl (C=O) groups excluding carboxylic acids is 1. The predicted molar refractivity (Wildman–Crippen MR) is 141 cm³/mol. The SMILES string of the molecule is CONC(=O)c1cc(CCc2cnc(Nc3ccc(N4CCN(C)[C@H](C)C4)cc3)nc2)cc(OC)c1. The Morgan fingerprint density at radius 2 is 1.75 bits per heavy atom. The number of aryl methyl sites for hydroxylation is 2. The number of likely N-dealkylation sites (N-methyl/N-ethyl adjacent to an activating group) is 1.